The van der Waals surface area contributed by atoms with Gasteiger partial charge in [0.25, 0.3) is 0 Å². The maximum absolute atomic E-state index is 13.0. The minimum absolute atomic E-state index is 0.0128. The van der Waals surface area contributed by atoms with E-state index in [0.29, 0.717) is 21.4 Å². The zero-order valence-corrected chi connectivity index (χ0v) is 16.6. The van der Waals surface area contributed by atoms with Crippen LogP contribution in [-0.4, -0.2) is 22.6 Å². The van der Waals surface area contributed by atoms with Crippen molar-refractivity contribution in [3.8, 4) is 0 Å². The summed E-state index contributed by atoms with van der Waals surface area (Å²) in [6, 6.07) is 6.26. The Kier molecular flexibility index (Phi) is 6.41. The summed E-state index contributed by atoms with van der Waals surface area (Å²) in [5.74, 6) is 1.29. The van der Waals surface area contributed by atoms with Crippen molar-refractivity contribution in [1.82, 2.24) is 4.74 Å². The fourth-order valence-electron chi connectivity index (χ4n) is 2.48. The van der Waals surface area contributed by atoms with E-state index in [2.05, 4.69) is 0 Å². The maximum atomic E-state index is 13.0. The van der Waals surface area contributed by atoms with E-state index in [1.165, 1.54) is 16.7 Å². The van der Waals surface area contributed by atoms with Gasteiger partial charge in [-0.1, -0.05) is 37.1 Å². The first-order chi connectivity index (χ1) is 11.8. The van der Waals surface area contributed by atoms with Crippen LogP contribution in [0.5, 0.6) is 0 Å². The second kappa shape index (κ2) is 8.15. The summed E-state index contributed by atoms with van der Waals surface area (Å²) in [5.41, 5.74) is 0.253. The number of anilines is 1. The van der Waals surface area contributed by atoms with Crippen molar-refractivity contribution >= 4 is 35.1 Å². The smallest absolute Gasteiger partial charge is 0.365 e. The fourth-order valence-corrected chi connectivity index (χ4v) is 3.51. The number of thioether (sulfide) groups is 1. The highest BCUT2D eigenvalue weighted by Crippen LogP contribution is 2.27. The molecule has 1 heterocycles. The molecule has 0 aliphatic carbocycles. The lowest BCUT2D eigenvalue weighted by Crippen LogP contribution is -2.43. The standard InChI is InChI=1S/C18H23ClN2O3S/c1-6-25-16-15(11(2)3)24-21(17(16)22)18(23)20(12(4)5)14-9-7-13(19)8-10-14/h7-12H,6H2,1-5H3. The molecule has 0 atom stereocenters. The van der Waals surface area contributed by atoms with Crippen LogP contribution in [0.2, 0.25) is 5.02 Å². The Morgan fingerprint density at radius 2 is 1.84 bits per heavy atom. The van der Waals surface area contributed by atoms with Crippen molar-refractivity contribution in [2.75, 3.05) is 10.7 Å². The molecule has 0 unspecified atom stereocenters. The number of hydrogen-bond acceptors (Lipinski definition) is 4. The summed E-state index contributed by atoms with van der Waals surface area (Å²) in [7, 11) is 0. The zero-order valence-electron chi connectivity index (χ0n) is 15.1. The quantitative estimate of drug-likeness (QED) is 0.666. The summed E-state index contributed by atoms with van der Waals surface area (Å²) in [6.45, 7) is 9.59. The molecule has 0 saturated heterocycles. The van der Waals surface area contributed by atoms with Gasteiger partial charge in [0, 0.05) is 22.7 Å². The third-order valence-electron chi connectivity index (χ3n) is 3.61. The minimum atomic E-state index is -0.507. The van der Waals surface area contributed by atoms with Crippen molar-refractivity contribution in [2.24, 2.45) is 0 Å². The van der Waals surface area contributed by atoms with Crippen LogP contribution < -0.4 is 10.5 Å². The largest absolute Gasteiger partial charge is 0.370 e. The molecule has 0 N–H and O–H groups in total. The molecule has 0 aliphatic rings. The molecule has 0 radical (unpaired) electrons. The van der Waals surface area contributed by atoms with Crippen LogP contribution in [0, 0.1) is 0 Å². The predicted octanol–water partition coefficient (Wildman–Crippen LogP) is 5.21. The van der Waals surface area contributed by atoms with Gasteiger partial charge < -0.3 is 4.52 Å². The van der Waals surface area contributed by atoms with Gasteiger partial charge in [-0.05, 0) is 43.9 Å². The van der Waals surface area contributed by atoms with E-state index in [0.717, 1.165) is 10.5 Å². The molecule has 0 saturated carbocycles. The van der Waals surface area contributed by atoms with Crippen LogP contribution in [-0.2, 0) is 0 Å². The predicted molar refractivity (Wildman–Crippen MR) is 103 cm³/mol. The van der Waals surface area contributed by atoms with Gasteiger partial charge in [-0.3, -0.25) is 9.69 Å². The molecule has 0 aliphatic heterocycles. The van der Waals surface area contributed by atoms with E-state index in [1.807, 2.05) is 34.6 Å². The average Bonchev–Trinajstić information content (AvgIpc) is 2.87. The number of hydrogen-bond donors (Lipinski definition) is 0. The average molecular weight is 383 g/mol. The molecular weight excluding hydrogens is 360 g/mol. The lowest BCUT2D eigenvalue weighted by molar-refractivity contribution is 0.207. The Bertz CT molecular complexity index is 794. The Morgan fingerprint density at radius 3 is 2.32 bits per heavy atom. The van der Waals surface area contributed by atoms with Crippen LogP contribution >= 0.6 is 23.4 Å². The van der Waals surface area contributed by atoms with Gasteiger partial charge in [0.1, 0.15) is 4.90 Å². The molecule has 25 heavy (non-hydrogen) atoms. The maximum Gasteiger partial charge on any atom is 0.365 e. The van der Waals surface area contributed by atoms with Crippen molar-refractivity contribution in [3.05, 3.63) is 45.4 Å². The second-order valence-corrected chi connectivity index (χ2v) is 7.91. The third kappa shape index (κ3) is 4.12. The number of benzene rings is 1. The number of carbonyl (C=O) groups is 1. The number of aromatic nitrogens is 1. The normalized spacial score (nSPS) is 11.4. The van der Waals surface area contributed by atoms with E-state index < -0.39 is 11.6 Å². The molecule has 2 aromatic rings. The first-order valence-corrected chi connectivity index (χ1v) is 9.62. The summed E-state index contributed by atoms with van der Waals surface area (Å²) >= 11 is 7.33. The topological polar surface area (TPSA) is 55.5 Å². The Balaban J connectivity index is 2.51. The summed E-state index contributed by atoms with van der Waals surface area (Å²) < 4.78 is 6.53. The van der Waals surface area contributed by atoms with Gasteiger partial charge in [-0.2, -0.15) is 0 Å². The Hall–Kier alpha value is -1.66. The van der Waals surface area contributed by atoms with Crippen LogP contribution in [0.4, 0.5) is 10.5 Å². The minimum Gasteiger partial charge on any atom is -0.370 e. The highest BCUT2D eigenvalue weighted by atomic mass is 35.5. The SMILES string of the molecule is CCSc1c(C(C)C)on(C(=O)N(c2ccc(Cl)cc2)C(C)C)c1=O. The molecule has 2 rings (SSSR count). The third-order valence-corrected chi connectivity index (χ3v) is 4.81. The number of amides is 1. The highest BCUT2D eigenvalue weighted by molar-refractivity contribution is 7.99. The molecule has 5 nitrogen and oxygen atoms in total. The number of nitrogens with zero attached hydrogens (tertiary/aromatic N) is 2. The van der Waals surface area contributed by atoms with Crippen LogP contribution in [0.15, 0.2) is 38.5 Å². The molecule has 1 aromatic heterocycles. The molecule has 0 spiro atoms. The highest BCUT2D eigenvalue weighted by Gasteiger charge is 2.28. The fraction of sp³-hybridized carbons (Fsp3) is 0.444. The van der Waals surface area contributed by atoms with Crippen molar-refractivity contribution < 1.29 is 9.32 Å². The lowest BCUT2D eigenvalue weighted by Gasteiger charge is -2.25. The number of rotatable bonds is 5. The van der Waals surface area contributed by atoms with E-state index >= 15 is 0 Å². The van der Waals surface area contributed by atoms with E-state index in [-0.39, 0.29) is 12.0 Å². The molecular formula is C18H23ClN2O3S. The molecule has 7 heteroatoms. The van der Waals surface area contributed by atoms with Crippen LogP contribution in [0.1, 0.15) is 46.3 Å². The molecule has 0 fully saturated rings. The number of carbonyl (C=O) groups excluding carboxylic acids is 1. The molecule has 136 valence electrons. The van der Waals surface area contributed by atoms with Gasteiger partial charge >= 0.3 is 11.6 Å². The van der Waals surface area contributed by atoms with E-state index in [9.17, 15) is 9.59 Å². The van der Waals surface area contributed by atoms with Gasteiger partial charge in [0.05, 0.1) is 0 Å². The molecule has 1 amide bonds. The van der Waals surface area contributed by atoms with Gasteiger partial charge in [0.2, 0.25) is 0 Å². The van der Waals surface area contributed by atoms with Crippen molar-refractivity contribution in [1.29, 1.82) is 0 Å². The second-order valence-electron chi connectivity index (χ2n) is 6.19. The first-order valence-electron chi connectivity index (χ1n) is 8.26. The van der Waals surface area contributed by atoms with Crippen LogP contribution in [0.3, 0.4) is 0 Å². The van der Waals surface area contributed by atoms with Crippen LogP contribution in [0.25, 0.3) is 0 Å². The van der Waals surface area contributed by atoms with E-state index in [4.69, 9.17) is 16.1 Å². The Labute approximate surface area is 156 Å². The summed E-state index contributed by atoms with van der Waals surface area (Å²) in [4.78, 5) is 27.8. The molecule has 1 aromatic carbocycles. The van der Waals surface area contributed by atoms with Crippen molar-refractivity contribution in [2.45, 2.75) is 51.5 Å². The van der Waals surface area contributed by atoms with Gasteiger partial charge in [-0.15, -0.1) is 11.8 Å². The van der Waals surface area contributed by atoms with Gasteiger partial charge in [-0.25, -0.2) is 4.79 Å². The number of halogens is 1. The van der Waals surface area contributed by atoms with Crippen molar-refractivity contribution in [3.63, 3.8) is 0 Å². The summed E-state index contributed by atoms with van der Waals surface area (Å²) in [5, 5.41) is 0.582. The Morgan fingerprint density at radius 1 is 1.24 bits per heavy atom. The van der Waals surface area contributed by atoms with Gasteiger partial charge in [0.15, 0.2) is 5.76 Å². The monoisotopic (exact) mass is 382 g/mol. The zero-order chi connectivity index (χ0) is 18.7. The molecule has 0 bridgehead atoms. The van der Waals surface area contributed by atoms with E-state index in [1.54, 1.807) is 24.3 Å². The first kappa shape index (κ1) is 19.7. The summed E-state index contributed by atoms with van der Waals surface area (Å²) in [6.07, 6.45) is 0. The lowest BCUT2D eigenvalue weighted by atomic mass is 10.2.